The highest BCUT2D eigenvalue weighted by Gasteiger charge is 2.30. The number of hydrogen-bond acceptors (Lipinski definition) is 4. The average Bonchev–Trinajstić information content (AvgIpc) is 2.87. The number of nitrogens with zero attached hydrogens (tertiary/aromatic N) is 1. The van der Waals surface area contributed by atoms with E-state index in [1.807, 2.05) is 24.0 Å². The van der Waals surface area contributed by atoms with E-state index in [4.69, 9.17) is 9.15 Å². The van der Waals surface area contributed by atoms with Crippen LogP contribution in [0.5, 0.6) is 0 Å². The van der Waals surface area contributed by atoms with Crippen LogP contribution in [-0.2, 0) is 16.0 Å². The van der Waals surface area contributed by atoms with Crippen molar-refractivity contribution in [3.05, 3.63) is 23.7 Å². The molecule has 1 N–H and O–H groups in total. The van der Waals surface area contributed by atoms with Gasteiger partial charge in [-0.3, -0.25) is 4.79 Å². The molecule has 5 heteroatoms. The van der Waals surface area contributed by atoms with Gasteiger partial charge in [-0.05, 0) is 19.2 Å². The van der Waals surface area contributed by atoms with E-state index in [0.717, 1.165) is 17.9 Å². The normalized spacial score (nSPS) is 20.1. The van der Waals surface area contributed by atoms with Crippen molar-refractivity contribution in [2.75, 3.05) is 33.4 Å². The molecule has 0 aromatic carbocycles. The van der Waals surface area contributed by atoms with Gasteiger partial charge in [0, 0.05) is 13.0 Å². The van der Waals surface area contributed by atoms with Gasteiger partial charge in [-0.2, -0.15) is 0 Å². The fraction of sp³-hybridized carbons (Fsp3) is 0.615. The summed E-state index contributed by atoms with van der Waals surface area (Å²) in [6, 6.07) is 3.81. The number of carbonyl (C=O) groups excluding carboxylic acids is 1. The minimum Gasteiger partial charge on any atom is -0.464 e. The molecule has 0 spiro atoms. The molecule has 2 heterocycles. The Hall–Kier alpha value is -1.33. The van der Waals surface area contributed by atoms with Crippen LogP contribution in [0.4, 0.5) is 0 Å². The largest absolute Gasteiger partial charge is 0.464 e. The fourth-order valence-corrected chi connectivity index (χ4v) is 2.15. The predicted molar refractivity (Wildman–Crippen MR) is 67.3 cm³/mol. The molecule has 1 aliphatic heterocycles. The number of morpholine rings is 1. The van der Waals surface area contributed by atoms with Crippen molar-refractivity contribution >= 4 is 5.91 Å². The summed E-state index contributed by atoms with van der Waals surface area (Å²) in [6.07, 6.45) is 0.859. The van der Waals surface area contributed by atoms with Crippen LogP contribution in [0.1, 0.15) is 24.5 Å². The zero-order valence-electron chi connectivity index (χ0n) is 10.9. The SMILES string of the molecule is CCc1ccc(C2COCCN2C(=O)CNC)o1. The zero-order chi connectivity index (χ0) is 13.0. The van der Waals surface area contributed by atoms with Crippen molar-refractivity contribution in [3.63, 3.8) is 0 Å². The third-order valence-electron chi connectivity index (χ3n) is 3.14. The van der Waals surface area contributed by atoms with Crippen molar-refractivity contribution < 1.29 is 13.9 Å². The number of likely N-dealkylation sites (N-methyl/N-ethyl adjacent to an activating group) is 1. The van der Waals surface area contributed by atoms with E-state index in [9.17, 15) is 4.79 Å². The Morgan fingerprint density at radius 1 is 1.56 bits per heavy atom. The lowest BCUT2D eigenvalue weighted by Crippen LogP contribution is -2.46. The van der Waals surface area contributed by atoms with Crippen LogP contribution < -0.4 is 5.32 Å². The summed E-state index contributed by atoms with van der Waals surface area (Å²) in [6.45, 7) is 4.11. The molecule has 1 saturated heterocycles. The van der Waals surface area contributed by atoms with Crippen LogP contribution in [-0.4, -0.2) is 44.2 Å². The molecular formula is C13H20N2O3. The predicted octanol–water partition coefficient (Wildman–Crippen LogP) is 0.961. The molecule has 0 radical (unpaired) electrons. The van der Waals surface area contributed by atoms with Crippen LogP contribution in [0.2, 0.25) is 0 Å². The van der Waals surface area contributed by atoms with Crippen LogP contribution >= 0.6 is 0 Å². The summed E-state index contributed by atoms with van der Waals surface area (Å²) in [4.78, 5) is 13.9. The highest BCUT2D eigenvalue weighted by molar-refractivity contribution is 5.78. The van der Waals surface area contributed by atoms with E-state index in [0.29, 0.717) is 26.3 Å². The maximum absolute atomic E-state index is 12.0. The van der Waals surface area contributed by atoms with E-state index in [1.54, 1.807) is 7.05 Å². The van der Waals surface area contributed by atoms with Gasteiger partial charge in [0.15, 0.2) is 0 Å². The third-order valence-corrected chi connectivity index (χ3v) is 3.14. The molecule has 1 amide bonds. The summed E-state index contributed by atoms with van der Waals surface area (Å²) < 4.78 is 11.2. The standard InChI is InChI=1S/C13H20N2O3/c1-3-10-4-5-12(18-10)11-9-17-7-6-15(11)13(16)8-14-2/h4-5,11,14H,3,6-9H2,1-2H3. The topological polar surface area (TPSA) is 54.7 Å². The Morgan fingerprint density at radius 3 is 3.06 bits per heavy atom. The molecule has 1 aromatic heterocycles. The maximum atomic E-state index is 12.0. The monoisotopic (exact) mass is 252 g/mol. The van der Waals surface area contributed by atoms with Crippen LogP contribution in [0.25, 0.3) is 0 Å². The minimum atomic E-state index is -0.0973. The smallest absolute Gasteiger partial charge is 0.237 e. The van der Waals surface area contributed by atoms with Gasteiger partial charge in [-0.25, -0.2) is 0 Å². The lowest BCUT2D eigenvalue weighted by Gasteiger charge is -2.34. The molecule has 100 valence electrons. The highest BCUT2D eigenvalue weighted by atomic mass is 16.5. The number of amides is 1. The number of hydrogen-bond donors (Lipinski definition) is 1. The van der Waals surface area contributed by atoms with Gasteiger partial charge in [0.2, 0.25) is 5.91 Å². The Kier molecular flexibility index (Phi) is 4.38. The molecule has 0 aliphatic carbocycles. The van der Waals surface area contributed by atoms with E-state index < -0.39 is 0 Å². The van der Waals surface area contributed by atoms with Crippen LogP contribution in [0.3, 0.4) is 0 Å². The Balaban J connectivity index is 2.14. The number of carbonyl (C=O) groups is 1. The Morgan fingerprint density at radius 2 is 2.39 bits per heavy atom. The highest BCUT2D eigenvalue weighted by Crippen LogP contribution is 2.26. The number of aryl methyl sites for hydroxylation is 1. The second-order valence-electron chi connectivity index (χ2n) is 4.37. The summed E-state index contributed by atoms with van der Waals surface area (Å²) in [5.74, 6) is 1.84. The van der Waals surface area contributed by atoms with Crippen molar-refractivity contribution in [1.29, 1.82) is 0 Å². The molecule has 2 rings (SSSR count). The van der Waals surface area contributed by atoms with Crippen LogP contribution in [0, 0.1) is 0 Å². The number of furan rings is 1. The molecule has 1 fully saturated rings. The van der Waals surface area contributed by atoms with Crippen molar-refractivity contribution in [2.24, 2.45) is 0 Å². The third kappa shape index (κ3) is 2.73. The van der Waals surface area contributed by atoms with Gasteiger partial charge in [-0.15, -0.1) is 0 Å². The molecule has 1 unspecified atom stereocenters. The zero-order valence-corrected chi connectivity index (χ0v) is 10.9. The van der Waals surface area contributed by atoms with E-state index in [1.165, 1.54) is 0 Å². The molecule has 18 heavy (non-hydrogen) atoms. The van der Waals surface area contributed by atoms with Gasteiger partial charge in [0.1, 0.15) is 17.6 Å². The lowest BCUT2D eigenvalue weighted by molar-refractivity contribution is -0.139. The van der Waals surface area contributed by atoms with E-state index >= 15 is 0 Å². The van der Waals surface area contributed by atoms with E-state index in [2.05, 4.69) is 5.32 Å². The number of nitrogens with one attached hydrogen (secondary N) is 1. The average molecular weight is 252 g/mol. The fourth-order valence-electron chi connectivity index (χ4n) is 2.15. The minimum absolute atomic E-state index is 0.0836. The number of ether oxygens (including phenoxy) is 1. The molecular weight excluding hydrogens is 232 g/mol. The quantitative estimate of drug-likeness (QED) is 0.867. The van der Waals surface area contributed by atoms with E-state index in [-0.39, 0.29) is 11.9 Å². The van der Waals surface area contributed by atoms with Gasteiger partial charge in [0.05, 0.1) is 19.8 Å². The summed E-state index contributed by atoms with van der Waals surface area (Å²) >= 11 is 0. The molecule has 0 bridgehead atoms. The lowest BCUT2D eigenvalue weighted by atomic mass is 10.1. The van der Waals surface area contributed by atoms with Gasteiger partial charge in [-0.1, -0.05) is 6.92 Å². The molecule has 1 aliphatic rings. The first-order valence-electron chi connectivity index (χ1n) is 6.36. The second-order valence-corrected chi connectivity index (χ2v) is 4.37. The summed E-state index contributed by atoms with van der Waals surface area (Å²) in [7, 11) is 1.77. The Bertz CT molecular complexity index is 403. The molecule has 1 atom stereocenters. The molecule has 1 aromatic rings. The first-order valence-corrected chi connectivity index (χ1v) is 6.36. The van der Waals surface area contributed by atoms with Gasteiger partial charge >= 0.3 is 0 Å². The summed E-state index contributed by atoms with van der Waals surface area (Å²) in [5, 5.41) is 2.89. The summed E-state index contributed by atoms with van der Waals surface area (Å²) in [5.41, 5.74) is 0. The maximum Gasteiger partial charge on any atom is 0.237 e. The molecule has 0 saturated carbocycles. The molecule has 5 nitrogen and oxygen atoms in total. The van der Waals surface area contributed by atoms with Gasteiger partial charge < -0.3 is 19.4 Å². The van der Waals surface area contributed by atoms with Crippen molar-refractivity contribution in [3.8, 4) is 0 Å². The van der Waals surface area contributed by atoms with Crippen molar-refractivity contribution in [1.82, 2.24) is 10.2 Å². The van der Waals surface area contributed by atoms with Crippen molar-refractivity contribution in [2.45, 2.75) is 19.4 Å². The first-order chi connectivity index (χ1) is 8.76. The second kappa shape index (κ2) is 6.02. The van der Waals surface area contributed by atoms with Crippen LogP contribution in [0.15, 0.2) is 16.5 Å². The van der Waals surface area contributed by atoms with Gasteiger partial charge in [0.25, 0.3) is 0 Å². The Labute approximate surface area is 107 Å². The first kappa shape index (κ1) is 13.1. The number of rotatable bonds is 4.